The Bertz CT molecular complexity index is 653. The first-order chi connectivity index (χ1) is 10.8. The van der Waals surface area contributed by atoms with Crippen molar-refractivity contribution in [3.05, 3.63) is 30.2 Å². The van der Waals surface area contributed by atoms with Crippen LogP contribution in [-0.4, -0.2) is 39.7 Å². The van der Waals surface area contributed by atoms with Gasteiger partial charge in [0.25, 0.3) is 0 Å². The van der Waals surface area contributed by atoms with Crippen molar-refractivity contribution < 1.29 is 0 Å². The number of aliphatic imine (C=N–C) groups is 1. The third-order valence-corrected chi connectivity index (χ3v) is 3.99. The zero-order chi connectivity index (χ0) is 15.4. The molecule has 1 fully saturated rings. The van der Waals surface area contributed by atoms with Gasteiger partial charge in [0.05, 0.1) is 0 Å². The first kappa shape index (κ1) is 18.0. The quantitative estimate of drug-likeness (QED) is 0.321. The van der Waals surface area contributed by atoms with E-state index in [0.717, 1.165) is 49.3 Å². The number of pyridine rings is 1. The van der Waals surface area contributed by atoms with Crippen molar-refractivity contribution in [2.45, 2.75) is 39.2 Å². The van der Waals surface area contributed by atoms with Crippen LogP contribution in [0.1, 0.15) is 32.5 Å². The molecular weight excluding hydrogens is 403 g/mol. The Labute approximate surface area is 154 Å². The normalized spacial score (nSPS) is 20.2. The van der Waals surface area contributed by atoms with Gasteiger partial charge in [-0.05, 0) is 37.8 Å². The van der Waals surface area contributed by atoms with Crippen LogP contribution in [0.4, 0.5) is 0 Å². The molecule has 2 aromatic rings. The Morgan fingerprint density at radius 3 is 2.96 bits per heavy atom. The molecule has 0 radical (unpaired) electrons. The predicted molar refractivity (Wildman–Crippen MR) is 103 cm³/mol. The molecular formula is C16H25IN6. The van der Waals surface area contributed by atoms with Crippen molar-refractivity contribution in [1.29, 1.82) is 0 Å². The molecule has 2 N–H and O–H groups in total. The molecule has 1 aliphatic rings. The first-order valence-corrected chi connectivity index (χ1v) is 8.11. The summed E-state index contributed by atoms with van der Waals surface area (Å²) in [5.74, 6) is 2.70. The van der Waals surface area contributed by atoms with E-state index in [0.29, 0.717) is 6.04 Å². The minimum absolute atomic E-state index is 0. The topological polar surface area (TPSA) is 66.6 Å². The molecule has 0 bridgehead atoms. The van der Waals surface area contributed by atoms with E-state index in [-0.39, 0.29) is 24.0 Å². The summed E-state index contributed by atoms with van der Waals surface area (Å²) in [5.41, 5.74) is 0.902. The number of nitrogens with one attached hydrogen (secondary N) is 2. The van der Waals surface area contributed by atoms with Crippen molar-refractivity contribution >= 4 is 35.6 Å². The molecule has 0 spiro atoms. The lowest BCUT2D eigenvalue weighted by Crippen LogP contribution is -2.39. The standard InChI is InChI=1S/C16H24N6.HI/c1-3-17-16(19-13-11-12(13)2)18-9-6-8-15-21-20-14-7-4-5-10-22(14)15;/h4-5,7,10,12-13H,3,6,8-9,11H2,1-2H3,(H2,17,18,19);1H. The molecule has 1 aliphatic carbocycles. The average molecular weight is 428 g/mol. The minimum atomic E-state index is 0. The second kappa shape index (κ2) is 8.47. The number of aryl methyl sites for hydroxylation is 1. The van der Waals surface area contributed by atoms with E-state index in [1.807, 2.05) is 28.8 Å². The minimum Gasteiger partial charge on any atom is -0.357 e. The monoisotopic (exact) mass is 428 g/mol. The van der Waals surface area contributed by atoms with Crippen LogP contribution in [0, 0.1) is 5.92 Å². The van der Waals surface area contributed by atoms with E-state index in [4.69, 9.17) is 0 Å². The van der Waals surface area contributed by atoms with Crippen LogP contribution >= 0.6 is 24.0 Å². The Kier molecular flexibility index (Phi) is 6.61. The van der Waals surface area contributed by atoms with E-state index >= 15 is 0 Å². The van der Waals surface area contributed by atoms with Crippen LogP contribution in [-0.2, 0) is 6.42 Å². The highest BCUT2D eigenvalue weighted by molar-refractivity contribution is 14.0. The SMILES string of the molecule is CCNC(=NCCCc1nnc2ccccn12)NC1CC1C.I. The van der Waals surface area contributed by atoms with E-state index in [9.17, 15) is 0 Å². The molecule has 2 atom stereocenters. The third kappa shape index (κ3) is 4.79. The molecule has 0 aromatic carbocycles. The van der Waals surface area contributed by atoms with Gasteiger partial charge in [-0.3, -0.25) is 9.39 Å². The lowest BCUT2D eigenvalue weighted by Gasteiger charge is -2.10. The maximum atomic E-state index is 4.64. The molecule has 23 heavy (non-hydrogen) atoms. The Balaban J connectivity index is 0.00000192. The summed E-state index contributed by atoms with van der Waals surface area (Å²) in [6.45, 7) is 6.04. The number of hydrogen-bond acceptors (Lipinski definition) is 3. The number of rotatable bonds is 6. The van der Waals surface area contributed by atoms with Crippen molar-refractivity contribution in [2.75, 3.05) is 13.1 Å². The van der Waals surface area contributed by atoms with E-state index in [1.54, 1.807) is 0 Å². The summed E-state index contributed by atoms with van der Waals surface area (Å²) in [6, 6.07) is 6.55. The fourth-order valence-electron chi connectivity index (χ4n) is 2.51. The lowest BCUT2D eigenvalue weighted by molar-refractivity contribution is 0.739. The van der Waals surface area contributed by atoms with Crippen LogP contribution in [0.25, 0.3) is 5.65 Å². The smallest absolute Gasteiger partial charge is 0.191 e. The van der Waals surface area contributed by atoms with Gasteiger partial charge in [0.2, 0.25) is 0 Å². The summed E-state index contributed by atoms with van der Waals surface area (Å²) >= 11 is 0. The van der Waals surface area contributed by atoms with Crippen LogP contribution in [0.2, 0.25) is 0 Å². The Morgan fingerprint density at radius 1 is 1.39 bits per heavy atom. The molecule has 0 saturated heterocycles. The van der Waals surface area contributed by atoms with Crippen molar-refractivity contribution in [3.63, 3.8) is 0 Å². The van der Waals surface area contributed by atoms with Gasteiger partial charge in [-0.15, -0.1) is 34.2 Å². The van der Waals surface area contributed by atoms with Crippen molar-refractivity contribution in [2.24, 2.45) is 10.9 Å². The van der Waals surface area contributed by atoms with E-state index in [2.05, 4.69) is 39.7 Å². The molecule has 126 valence electrons. The highest BCUT2D eigenvalue weighted by Crippen LogP contribution is 2.28. The van der Waals surface area contributed by atoms with E-state index < -0.39 is 0 Å². The summed E-state index contributed by atoms with van der Waals surface area (Å²) in [4.78, 5) is 4.64. The van der Waals surface area contributed by atoms with Gasteiger partial charge < -0.3 is 10.6 Å². The van der Waals surface area contributed by atoms with Gasteiger partial charge in [0.1, 0.15) is 5.82 Å². The van der Waals surface area contributed by atoms with Gasteiger partial charge in [0, 0.05) is 31.7 Å². The highest BCUT2D eigenvalue weighted by Gasteiger charge is 2.33. The number of fused-ring (bicyclic) bond motifs is 1. The maximum absolute atomic E-state index is 4.64. The zero-order valence-corrected chi connectivity index (χ0v) is 16.0. The van der Waals surface area contributed by atoms with Crippen molar-refractivity contribution in [3.8, 4) is 0 Å². The highest BCUT2D eigenvalue weighted by atomic mass is 127. The number of guanidine groups is 1. The molecule has 0 amide bonds. The summed E-state index contributed by atoms with van der Waals surface area (Å²) in [6.07, 6.45) is 5.10. The molecule has 6 nitrogen and oxygen atoms in total. The average Bonchev–Trinajstić information content (AvgIpc) is 3.07. The summed E-state index contributed by atoms with van der Waals surface area (Å²) in [5, 5.41) is 15.2. The van der Waals surface area contributed by atoms with Crippen LogP contribution in [0.5, 0.6) is 0 Å². The van der Waals surface area contributed by atoms with E-state index in [1.165, 1.54) is 6.42 Å². The molecule has 2 unspecified atom stereocenters. The van der Waals surface area contributed by atoms with Crippen molar-refractivity contribution in [1.82, 2.24) is 25.2 Å². The molecule has 3 rings (SSSR count). The van der Waals surface area contributed by atoms with Gasteiger partial charge in [-0.25, -0.2) is 0 Å². The second-order valence-electron chi connectivity index (χ2n) is 5.87. The van der Waals surface area contributed by atoms with Gasteiger partial charge in [-0.2, -0.15) is 0 Å². The number of halogens is 1. The first-order valence-electron chi connectivity index (χ1n) is 8.11. The Hall–Kier alpha value is -1.38. The second-order valence-corrected chi connectivity index (χ2v) is 5.87. The van der Waals surface area contributed by atoms with Gasteiger partial charge in [0.15, 0.2) is 11.6 Å². The van der Waals surface area contributed by atoms with Gasteiger partial charge in [-0.1, -0.05) is 13.0 Å². The van der Waals surface area contributed by atoms with Crippen LogP contribution in [0.3, 0.4) is 0 Å². The third-order valence-electron chi connectivity index (χ3n) is 3.99. The van der Waals surface area contributed by atoms with Crippen LogP contribution < -0.4 is 10.6 Å². The molecule has 7 heteroatoms. The lowest BCUT2D eigenvalue weighted by atomic mass is 10.3. The molecule has 2 heterocycles. The molecule has 2 aromatic heterocycles. The number of nitrogens with zero attached hydrogens (tertiary/aromatic N) is 4. The number of hydrogen-bond donors (Lipinski definition) is 2. The fourth-order valence-corrected chi connectivity index (χ4v) is 2.51. The molecule has 1 saturated carbocycles. The summed E-state index contributed by atoms with van der Waals surface area (Å²) < 4.78 is 2.04. The predicted octanol–water partition coefficient (Wildman–Crippen LogP) is 2.24. The maximum Gasteiger partial charge on any atom is 0.191 e. The largest absolute Gasteiger partial charge is 0.357 e. The molecule has 0 aliphatic heterocycles. The number of aromatic nitrogens is 3. The summed E-state index contributed by atoms with van der Waals surface area (Å²) in [7, 11) is 0. The van der Waals surface area contributed by atoms with Crippen LogP contribution in [0.15, 0.2) is 29.4 Å². The fraction of sp³-hybridized carbons (Fsp3) is 0.562. The zero-order valence-electron chi connectivity index (χ0n) is 13.7. The van der Waals surface area contributed by atoms with Gasteiger partial charge >= 0.3 is 0 Å². The Morgan fingerprint density at radius 2 is 2.22 bits per heavy atom.